The molecule has 7 nitrogen and oxygen atoms in total. The second-order valence-electron chi connectivity index (χ2n) is 8.44. The Morgan fingerprint density at radius 2 is 1.62 bits per heavy atom. The monoisotopic (exact) mass is 436 g/mol. The SMILES string of the molecule is CC(C)[C@H](NC(=O)NCc1ccccc1)C(=O)NCc1ccccc1CN1CCCC1=O. The maximum absolute atomic E-state index is 12.9. The van der Waals surface area contributed by atoms with Crippen molar-refractivity contribution in [1.82, 2.24) is 20.9 Å². The van der Waals surface area contributed by atoms with Gasteiger partial charge in [0.15, 0.2) is 0 Å². The van der Waals surface area contributed by atoms with Gasteiger partial charge in [-0.3, -0.25) is 9.59 Å². The minimum absolute atomic E-state index is 0.0741. The first-order valence-electron chi connectivity index (χ1n) is 11.1. The van der Waals surface area contributed by atoms with Crippen LogP contribution in [0, 0.1) is 5.92 Å². The molecule has 1 aliphatic rings. The Kier molecular flexibility index (Phi) is 8.25. The van der Waals surface area contributed by atoms with Gasteiger partial charge in [0.05, 0.1) is 0 Å². The standard InChI is InChI=1S/C25H32N4O3/c1-18(2)23(28-25(32)27-15-19-9-4-3-5-10-19)24(31)26-16-20-11-6-7-12-21(20)17-29-14-8-13-22(29)30/h3-7,9-12,18,23H,8,13-17H2,1-2H3,(H,26,31)(H2,27,28,32)/t23-/m0/s1. The van der Waals surface area contributed by atoms with Gasteiger partial charge in [-0.25, -0.2) is 4.79 Å². The van der Waals surface area contributed by atoms with E-state index in [0.29, 0.717) is 26.1 Å². The van der Waals surface area contributed by atoms with Gasteiger partial charge in [-0.1, -0.05) is 68.4 Å². The van der Waals surface area contributed by atoms with Crippen LogP contribution in [0.5, 0.6) is 0 Å². The van der Waals surface area contributed by atoms with Crippen molar-refractivity contribution >= 4 is 17.8 Å². The Hall–Kier alpha value is -3.35. The fourth-order valence-electron chi connectivity index (χ4n) is 3.76. The Balaban J connectivity index is 1.55. The van der Waals surface area contributed by atoms with Gasteiger partial charge in [0, 0.05) is 32.6 Å². The van der Waals surface area contributed by atoms with Crippen LogP contribution in [0.2, 0.25) is 0 Å². The first kappa shape index (κ1) is 23.3. The number of rotatable bonds is 9. The zero-order valence-electron chi connectivity index (χ0n) is 18.8. The third kappa shape index (κ3) is 6.57. The molecule has 4 amide bonds. The summed E-state index contributed by atoms with van der Waals surface area (Å²) in [5.74, 6) is -0.133. The Bertz CT molecular complexity index is 930. The summed E-state index contributed by atoms with van der Waals surface area (Å²) >= 11 is 0. The van der Waals surface area contributed by atoms with E-state index in [9.17, 15) is 14.4 Å². The van der Waals surface area contributed by atoms with E-state index < -0.39 is 6.04 Å². The van der Waals surface area contributed by atoms with Crippen molar-refractivity contribution in [3.8, 4) is 0 Å². The van der Waals surface area contributed by atoms with E-state index in [4.69, 9.17) is 0 Å². The van der Waals surface area contributed by atoms with Crippen LogP contribution in [0.3, 0.4) is 0 Å². The molecule has 3 N–H and O–H groups in total. The Labute approximate surface area is 189 Å². The maximum Gasteiger partial charge on any atom is 0.315 e. The number of urea groups is 1. The summed E-state index contributed by atoms with van der Waals surface area (Å²) in [6.07, 6.45) is 1.50. The predicted molar refractivity (Wildman–Crippen MR) is 123 cm³/mol. The summed E-state index contributed by atoms with van der Waals surface area (Å²) in [5, 5.41) is 8.54. The van der Waals surface area contributed by atoms with Gasteiger partial charge in [-0.15, -0.1) is 0 Å². The van der Waals surface area contributed by atoms with Crippen molar-refractivity contribution in [2.24, 2.45) is 5.92 Å². The molecule has 1 atom stereocenters. The Morgan fingerprint density at radius 3 is 2.28 bits per heavy atom. The lowest BCUT2D eigenvalue weighted by molar-refractivity contribution is -0.128. The number of carbonyl (C=O) groups excluding carboxylic acids is 3. The molecule has 2 aromatic rings. The lowest BCUT2D eigenvalue weighted by Gasteiger charge is -2.23. The Morgan fingerprint density at radius 1 is 0.938 bits per heavy atom. The summed E-state index contributed by atoms with van der Waals surface area (Å²) < 4.78 is 0. The van der Waals surface area contributed by atoms with Crippen LogP contribution < -0.4 is 16.0 Å². The van der Waals surface area contributed by atoms with Crippen molar-refractivity contribution < 1.29 is 14.4 Å². The zero-order chi connectivity index (χ0) is 22.9. The maximum atomic E-state index is 12.9. The normalized spacial score (nSPS) is 14.3. The van der Waals surface area contributed by atoms with Gasteiger partial charge in [-0.2, -0.15) is 0 Å². The molecule has 1 aliphatic heterocycles. The lowest BCUT2D eigenvalue weighted by atomic mass is 10.0. The van der Waals surface area contributed by atoms with Crippen molar-refractivity contribution in [3.63, 3.8) is 0 Å². The fraction of sp³-hybridized carbons (Fsp3) is 0.400. The second-order valence-corrected chi connectivity index (χ2v) is 8.44. The van der Waals surface area contributed by atoms with Gasteiger partial charge >= 0.3 is 6.03 Å². The molecule has 1 heterocycles. The van der Waals surface area contributed by atoms with Gasteiger partial charge in [-0.05, 0) is 29.0 Å². The molecular formula is C25H32N4O3. The molecule has 32 heavy (non-hydrogen) atoms. The highest BCUT2D eigenvalue weighted by Gasteiger charge is 2.25. The average molecular weight is 437 g/mol. The largest absolute Gasteiger partial charge is 0.350 e. The van der Waals surface area contributed by atoms with Crippen LogP contribution in [-0.4, -0.2) is 35.3 Å². The van der Waals surface area contributed by atoms with Crippen LogP contribution in [0.1, 0.15) is 43.4 Å². The smallest absolute Gasteiger partial charge is 0.315 e. The van der Waals surface area contributed by atoms with Crippen LogP contribution >= 0.6 is 0 Å². The number of carbonyl (C=O) groups is 3. The van der Waals surface area contributed by atoms with Gasteiger partial charge < -0.3 is 20.9 Å². The van der Waals surface area contributed by atoms with Gasteiger partial charge in [0.1, 0.15) is 6.04 Å². The van der Waals surface area contributed by atoms with Gasteiger partial charge in [0.2, 0.25) is 11.8 Å². The van der Waals surface area contributed by atoms with Crippen molar-refractivity contribution in [2.75, 3.05) is 6.54 Å². The molecule has 7 heteroatoms. The van der Waals surface area contributed by atoms with Crippen LogP contribution in [0.4, 0.5) is 4.79 Å². The van der Waals surface area contributed by atoms with E-state index in [1.165, 1.54) is 0 Å². The summed E-state index contributed by atoms with van der Waals surface area (Å²) in [7, 11) is 0. The van der Waals surface area contributed by atoms with Crippen molar-refractivity contribution in [1.29, 1.82) is 0 Å². The number of hydrogen-bond acceptors (Lipinski definition) is 3. The number of nitrogens with one attached hydrogen (secondary N) is 3. The molecule has 0 radical (unpaired) electrons. The number of benzene rings is 2. The first-order valence-corrected chi connectivity index (χ1v) is 11.1. The molecule has 1 fully saturated rings. The molecule has 2 aromatic carbocycles. The molecule has 3 rings (SSSR count). The van der Waals surface area contributed by atoms with E-state index in [1.54, 1.807) is 0 Å². The van der Waals surface area contributed by atoms with Crippen LogP contribution in [0.25, 0.3) is 0 Å². The third-order valence-electron chi connectivity index (χ3n) is 5.64. The third-order valence-corrected chi connectivity index (χ3v) is 5.64. The highest BCUT2D eigenvalue weighted by Crippen LogP contribution is 2.17. The zero-order valence-corrected chi connectivity index (χ0v) is 18.8. The predicted octanol–water partition coefficient (Wildman–Crippen LogP) is 2.95. The highest BCUT2D eigenvalue weighted by atomic mass is 16.2. The fourth-order valence-corrected chi connectivity index (χ4v) is 3.76. The summed E-state index contributed by atoms with van der Waals surface area (Å²) in [6.45, 7) is 5.86. The summed E-state index contributed by atoms with van der Waals surface area (Å²) in [6, 6.07) is 16.4. The van der Waals surface area contributed by atoms with Crippen LogP contribution in [-0.2, 0) is 29.2 Å². The quantitative estimate of drug-likeness (QED) is 0.565. The molecule has 0 aromatic heterocycles. The number of likely N-dealkylation sites (tertiary alicyclic amines) is 1. The van der Waals surface area contributed by atoms with Crippen LogP contribution in [0.15, 0.2) is 54.6 Å². The van der Waals surface area contributed by atoms with Crippen molar-refractivity contribution in [2.45, 2.75) is 52.4 Å². The lowest BCUT2D eigenvalue weighted by Crippen LogP contribution is -2.52. The van der Waals surface area contributed by atoms with E-state index in [-0.39, 0.29) is 23.8 Å². The van der Waals surface area contributed by atoms with Crippen molar-refractivity contribution in [3.05, 3.63) is 71.3 Å². The van der Waals surface area contributed by atoms with E-state index in [2.05, 4.69) is 16.0 Å². The molecular weight excluding hydrogens is 404 g/mol. The van der Waals surface area contributed by atoms with E-state index >= 15 is 0 Å². The summed E-state index contributed by atoms with van der Waals surface area (Å²) in [4.78, 5) is 39.0. The first-order chi connectivity index (χ1) is 15.4. The van der Waals surface area contributed by atoms with E-state index in [1.807, 2.05) is 73.3 Å². The highest BCUT2D eigenvalue weighted by molar-refractivity contribution is 5.87. The number of nitrogens with zero attached hydrogens (tertiary/aromatic N) is 1. The minimum atomic E-state index is -0.655. The summed E-state index contributed by atoms with van der Waals surface area (Å²) in [5.41, 5.74) is 2.98. The second kappa shape index (κ2) is 11.3. The topological polar surface area (TPSA) is 90.5 Å². The molecule has 0 spiro atoms. The number of hydrogen-bond donors (Lipinski definition) is 3. The molecule has 0 aliphatic carbocycles. The minimum Gasteiger partial charge on any atom is -0.350 e. The van der Waals surface area contributed by atoms with E-state index in [0.717, 1.165) is 29.7 Å². The van der Waals surface area contributed by atoms with Gasteiger partial charge in [0.25, 0.3) is 0 Å². The molecule has 170 valence electrons. The number of amides is 4. The average Bonchev–Trinajstić information content (AvgIpc) is 3.20. The molecule has 0 saturated carbocycles. The molecule has 0 unspecified atom stereocenters. The molecule has 1 saturated heterocycles. The molecule has 0 bridgehead atoms.